The van der Waals surface area contributed by atoms with Crippen LogP contribution >= 0.6 is 24.0 Å². The predicted molar refractivity (Wildman–Crippen MR) is 80.5 cm³/mol. The van der Waals surface area contributed by atoms with Gasteiger partial charge in [0.1, 0.15) is 0 Å². The number of hydrogen-bond donors (Lipinski definition) is 1. The summed E-state index contributed by atoms with van der Waals surface area (Å²) >= 11 is 6.10. The van der Waals surface area contributed by atoms with Crippen LogP contribution in [0.4, 0.5) is 0 Å². The van der Waals surface area contributed by atoms with Crippen LogP contribution in [0.15, 0.2) is 24.3 Å². The van der Waals surface area contributed by atoms with Gasteiger partial charge >= 0.3 is 0 Å². The molecule has 1 amide bonds. The molecule has 5 heteroatoms. The topological polar surface area (TPSA) is 46.3 Å². The van der Waals surface area contributed by atoms with Crippen LogP contribution < -0.4 is 5.73 Å². The van der Waals surface area contributed by atoms with E-state index >= 15 is 0 Å². The SMILES string of the molecule is CN(Cc1ccccc1Cl)C(=O)C1CCCC1N.Cl. The number of nitrogens with zero attached hydrogens (tertiary/aromatic N) is 1. The summed E-state index contributed by atoms with van der Waals surface area (Å²) in [6, 6.07) is 7.63. The van der Waals surface area contributed by atoms with Crippen molar-refractivity contribution in [2.75, 3.05) is 7.05 Å². The Hall–Kier alpha value is -0.770. The highest BCUT2D eigenvalue weighted by atomic mass is 35.5. The monoisotopic (exact) mass is 302 g/mol. The first kappa shape index (κ1) is 16.3. The smallest absolute Gasteiger partial charge is 0.227 e. The number of nitrogens with two attached hydrogens (primary N) is 1. The molecule has 2 rings (SSSR count). The van der Waals surface area contributed by atoms with Gasteiger partial charge in [-0.25, -0.2) is 0 Å². The first-order valence-corrected chi connectivity index (χ1v) is 6.71. The maximum atomic E-state index is 12.3. The lowest BCUT2D eigenvalue weighted by Crippen LogP contribution is -2.39. The number of halogens is 2. The Morgan fingerprint density at radius 3 is 2.68 bits per heavy atom. The van der Waals surface area contributed by atoms with E-state index in [2.05, 4.69) is 0 Å². The normalized spacial score (nSPS) is 21.8. The molecule has 106 valence electrons. The molecule has 3 nitrogen and oxygen atoms in total. The van der Waals surface area contributed by atoms with E-state index in [9.17, 15) is 4.79 Å². The van der Waals surface area contributed by atoms with E-state index in [1.807, 2.05) is 31.3 Å². The molecule has 0 spiro atoms. The van der Waals surface area contributed by atoms with Crippen LogP contribution in [0.25, 0.3) is 0 Å². The molecule has 2 atom stereocenters. The van der Waals surface area contributed by atoms with Crippen molar-refractivity contribution in [3.8, 4) is 0 Å². The molecule has 0 radical (unpaired) electrons. The lowest BCUT2D eigenvalue weighted by atomic mass is 10.0. The zero-order valence-electron chi connectivity index (χ0n) is 11.0. The van der Waals surface area contributed by atoms with Crippen molar-refractivity contribution in [1.29, 1.82) is 0 Å². The second-order valence-electron chi connectivity index (χ2n) is 4.99. The Bertz CT molecular complexity index is 439. The van der Waals surface area contributed by atoms with Gasteiger partial charge in [0.15, 0.2) is 0 Å². The predicted octanol–water partition coefficient (Wildman–Crippen LogP) is 2.85. The van der Waals surface area contributed by atoms with Crippen LogP contribution in [-0.2, 0) is 11.3 Å². The van der Waals surface area contributed by atoms with Crippen molar-refractivity contribution >= 4 is 29.9 Å². The summed E-state index contributed by atoms with van der Waals surface area (Å²) in [6.07, 6.45) is 2.92. The average Bonchev–Trinajstić information content (AvgIpc) is 2.77. The molecule has 1 aromatic carbocycles. The van der Waals surface area contributed by atoms with Gasteiger partial charge in [-0.05, 0) is 24.5 Å². The number of benzene rings is 1. The Morgan fingerprint density at radius 1 is 1.42 bits per heavy atom. The lowest BCUT2D eigenvalue weighted by Gasteiger charge is -2.23. The van der Waals surface area contributed by atoms with Crippen LogP contribution in [0, 0.1) is 5.92 Å². The number of carbonyl (C=O) groups is 1. The molecule has 0 aliphatic heterocycles. The van der Waals surface area contributed by atoms with Gasteiger partial charge in [-0.3, -0.25) is 4.79 Å². The van der Waals surface area contributed by atoms with Gasteiger partial charge in [-0.1, -0.05) is 36.2 Å². The first-order valence-electron chi connectivity index (χ1n) is 6.33. The first-order chi connectivity index (χ1) is 8.59. The van der Waals surface area contributed by atoms with Crippen molar-refractivity contribution in [3.05, 3.63) is 34.9 Å². The van der Waals surface area contributed by atoms with E-state index in [1.165, 1.54) is 0 Å². The zero-order chi connectivity index (χ0) is 13.1. The highest BCUT2D eigenvalue weighted by Crippen LogP contribution is 2.26. The summed E-state index contributed by atoms with van der Waals surface area (Å²) in [6.45, 7) is 0.543. The average molecular weight is 303 g/mol. The van der Waals surface area contributed by atoms with Crippen molar-refractivity contribution in [2.45, 2.75) is 31.8 Å². The molecule has 0 saturated heterocycles. The molecule has 2 unspecified atom stereocenters. The highest BCUT2D eigenvalue weighted by Gasteiger charge is 2.32. The second-order valence-corrected chi connectivity index (χ2v) is 5.39. The third-order valence-electron chi connectivity index (χ3n) is 3.63. The maximum Gasteiger partial charge on any atom is 0.227 e. The number of carbonyl (C=O) groups excluding carboxylic acids is 1. The third kappa shape index (κ3) is 3.85. The van der Waals surface area contributed by atoms with Crippen molar-refractivity contribution in [2.24, 2.45) is 11.7 Å². The van der Waals surface area contributed by atoms with E-state index in [0.29, 0.717) is 11.6 Å². The van der Waals surface area contributed by atoms with E-state index in [0.717, 1.165) is 24.8 Å². The minimum atomic E-state index is -0.0162. The Kier molecular flexibility index (Phi) is 6.11. The standard InChI is InChI=1S/C14H19ClN2O.ClH/c1-17(9-10-5-2-3-7-12(10)15)14(18)11-6-4-8-13(11)16;/h2-3,5,7,11,13H,4,6,8-9,16H2,1H3;1H. The molecule has 1 aliphatic rings. The van der Waals surface area contributed by atoms with E-state index in [-0.39, 0.29) is 30.3 Å². The Labute approximate surface area is 125 Å². The van der Waals surface area contributed by atoms with E-state index < -0.39 is 0 Å². The highest BCUT2D eigenvalue weighted by molar-refractivity contribution is 6.31. The molecule has 1 saturated carbocycles. The van der Waals surface area contributed by atoms with Crippen LogP contribution in [0.3, 0.4) is 0 Å². The molecule has 1 fully saturated rings. The van der Waals surface area contributed by atoms with Crippen molar-refractivity contribution in [3.63, 3.8) is 0 Å². The Balaban J connectivity index is 0.00000180. The van der Waals surface area contributed by atoms with E-state index in [1.54, 1.807) is 4.90 Å². The van der Waals surface area contributed by atoms with E-state index in [4.69, 9.17) is 17.3 Å². The molecule has 0 heterocycles. The molecule has 19 heavy (non-hydrogen) atoms. The van der Waals surface area contributed by atoms with Crippen LogP contribution in [-0.4, -0.2) is 23.9 Å². The molecule has 2 N–H and O–H groups in total. The summed E-state index contributed by atoms with van der Waals surface area (Å²) in [5.74, 6) is 0.123. The van der Waals surface area contributed by atoms with Gasteiger partial charge in [0.05, 0.1) is 5.92 Å². The minimum absolute atomic E-state index is 0. The molecule has 0 bridgehead atoms. The van der Waals surface area contributed by atoms with Gasteiger partial charge in [-0.15, -0.1) is 12.4 Å². The minimum Gasteiger partial charge on any atom is -0.341 e. The van der Waals surface area contributed by atoms with Gasteiger partial charge in [0.2, 0.25) is 5.91 Å². The summed E-state index contributed by atoms with van der Waals surface area (Å²) < 4.78 is 0. The molecule has 0 aromatic heterocycles. The molecule has 1 aromatic rings. The summed E-state index contributed by atoms with van der Waals surface area (Å²) in [5.41, 5.74) is 6.94. The molecular formula is C14H20Cl2N2O. The molecule has 1 aliphatic carbocycles. The summed E-state index contributed by atoms with van der Waals surface area (Å²) in [4.78, 5) is 14.0. The van der Waals surface area contributed by atoms with Crippen LogP contribution in [0.2, 0.25) is 5.02 Å². The lowest BCUT2D eigenvalue weighted by molar-refractivity contribution is -0.134. The van der Waals surface area contributed by atoms with Gasteiger partial charge in [0, 0.05) is 24.7 Å². The zero-order valence-corrected chi connectivity index (χ0v) is 12.6. The Morgan fingerprint density at radius 2 is 2.11 bits per heavy atom. The van der Waals surface area contributed by atoms with Crippen molar-refractivity contribution < 1.29 is 4.79 Å². The fourth-order valence-corrected chi connectivity index (χ4v) is 2.73. The van der Waals surface area contributed by atoms with Gasteiger partial charge < -0.3 is 10.6 Å². The molecular weight excluding hydrogens is 283 g/mol. The van der Waals surface area contributed by atoms with Crippen molar-refractivity contribution in [1.82, 2.24) is 4.90 Å². The number of hydrogen-bond acceptors (Lipinski definition) is 2. The second kappa shape index (κ2) is 7.13. The summed E-state index contributed by atoms with van der Waals surface area (Å²) in [5, 5.41) is 0.702. The van der Waals surface area contributed by atoms with Crippen LogP contribution in [0.5, 0.6) is 0 Å². The summed E-state index contributed by atoms with van der Waals surface area (Å²) in [7, 11) is 1.82. The maximum absolute atomic E-state index is 12.3. The van der Waals surface area contributed by atoms with Gasteiger partial charge in [0.25, 0.3) is 0 Å². The number of amides is 1. The quantitative estimate of drug-likeness (QED) is 0.933. The van der Waals surface area contributed by atoms with Crippen LogP contribution in [0.1, 0.15) is 24.8 Å². The van der Waals surface area contributed by atoms with Gasteiger partial charge in [-0.2, -0.15) is 0 Å². The third-order valence-corrected chi connectivity index (χ3v) is 4.00. The fraction of sp³-hybridized carbons (Fsp3) is 0.500. The fourth-order valence-electron chi connectivity index (χ4n) is 2.54. The number of rotatable bonds is 3. The largest absolute Gasteiger partial charge is 0.341 e.